The van der Waals surface area contributed by atoms with Crippen molar-refractivity contribution in [3.05, 3.63) is 57.8 Å². The van der Waals surface area contributed by atoms with Crippen molar-refractivity contribution < 1.29 is 4.79 Å². The second kappa shape index (κ2) is 13.5. The molecule has 0 aliphatic rings. The average molecular weight is 514 g/mol. The molecule has 2 N–H and O–H groups in total. The minimum atomic E-state index is -0.0253. The molecule has 0 unspecified atom stereocenters. The van der Waals surface area contributed by atoms with Gasteiger partial charge in [0.1, 0.15) is 0 Å². The van der Waals surface area contributed by atoms with Crippen LogP contribution in [0.15, 0.2) is 46.8 Å². The molecule has 0 saturated heterocycles. The molecule has 2 aromatic rings. The van der Waals surface area contributed by atoms with Crippen LogP contribution >= 0.6 is 35.3 Å². The molecule has 0 spiro atoms. The summed E-state index contributed by atoms with van der Waals surface area (Å²) in [5.74, 6) is 0.859. The van der Waals surface area contributed by atoms with Gasteiger partial charge in [-0.1, -0.05) is 25.1 Å². The number of amides is 1. The number of hydrogen-bond donors (Lipinski definition) is 2. The Bertz CT molecular complexity index is 734. The quantitative estimate of drug-likeness (QED) is 0.301. The number of rotatable bonds is 9. The number of aliphatic imine (C=N–C) groups is 1. The Morgan fingerprint density at radius 3 is 2.68 bits per heavy atom. The lowest BCUT2D eigenvalue weighted by Crippen LogP contribution is -2.39. The van der Waals surface area contributed by atoms with Gasteiger partial charge in [0.15, 0.2) is 5.96 Å². The summed E-state index contributed by atoms with van der Waals surface area (Å²) in [6.07, 6.45) is 1.94. The van der Waals surface area contributed by atoms with Crippen molar-refractivity contribution in [2.75, 3.05) is 26.7 Å². The molecule has 0 bridgehead atoms. The van der Waals surface area contributed by atoms with Crippen LogP contribution in [0.4, 0.5) is 0 Å². The minimum absolute atomic E-state index is 0. The summed E-state index contributed by atoms with van der Waals surface area (Å²) in [6, 6.07) is 11.9. The Hall–Kier alpha value is -1.61. The van der Waals surface area contributed by atoms with E-state index in [-0.39, 0.29) is 29.9 Å². The highest BCUT2D eigenvalue weighted by atomic mass is 127. The van der Waals surface area contributed by atoms with E-state index in [0.29, 0.717) is 18.7 Å². The number of halogens is 1. The topological polar surface area (TPSA) is 56.7 Å². The molecule has 1 aromatic heterocycles. The van der Waals surface area contributed by atoms with Crippen molar-refractivity contribution in [3.63, 3.8) is 0 Å². The van der Waals surface area contributed by atoms with Gasteiger partial charge in [-0.05, 0) is 48.9 Å². The van der Waals surface area contributed by atoms with Crippen molar-refractivity contribution in [2.45, 2.75) is 33.2 Å². The monoisotopic (exact) mass is 514 g/mol. The summed E-state index contributed by atoms with van der Waals surface area (Å²) >= 11 is 1.79. The molecular weight excluding hydrogens is 483 g/mol. The van der Waals surface area contributed by atoms with Gasteiger partial charge in [0.25, 0.3) is 5.91 Å². The van der Waals surface area contributed by atoms with Crippen molar-refractivity contribution >= 4 is 47.2 Å². The van der Waals surface area contributed by atoms with E-state index in [4.69, 9.17) is 4.99 Å². The predicted molar refractivity (Wildman–Crippen MR) is 130 cm³/mol. The molecule has 0 aliphatic carbocycles. The van der Waals surface area contributed by atoms with E-state index >= 15 is 0 Å². The highest BCUT2D eigenvalue weighted by Gasteiger charge is 2.08. The number of carbonyl (C=O) groups is 1. The first-order valence-electron chi connectivity index (χ1n) is 9.53. The zero-order chi connectivity index (χ0) is 19.5. The van der Waals surface area contributed by atoms with Crippen LogP contribution in [0, 0.1) is 0 Å². The van der Waals surface area contributed by atoms with Crippen LogP contribution in [0.3, 0.4) is 0 Å². The van der Waals surface area contributed by atoms with E-state index in [1.807, 2.05) is 31.2 Å². The Morgan fingerprint density at radius 1 is 1.18 bits per heavy atom. The smallest absolute Gasteiger partial charge is 0.251 e. The van der Waals surface area contributed by atoms with Gasteiger partial charge < -0.3 is 15.5 Å². The fraction of sp³-hybridized carbons (Fsp3) is 0.429. The van der Waals surface area contributed by atoms with Gasteiger partial charge in [0.2, 0.25) is 0 Å². The largest absolute Gasteiger partial charge is 0.357 e. The number of hydrogen-bond acceptors (Lipinski definition) is 3. The molecule has 28 heavy (non-hydrogen) atoms. The molecule has 1 aromatic carbocycles. The van der Waals surface area contributed by atoms with Gasteiger partial charge in [-0.2, -0.15) is 0 Å². The lowest BCUT2D eigenvalue weighted by atomic mass is 10.1. The number of benzene rings is 1. The molecule has 2 rings (SSSR count). The maximum absolute atomic E-state index is 12.1. The molecule has 7 heteroatoms. The molecule has 1 amide bonds. The predicted octanol–water partition coefficient (Wildman–Crippen LogP) is 4.15. The highest BCUT2D eigenvalue weighted by molar-refractivity contribution is 14.0. The second-order valence-electron chi connectivity index (χ2n) is 6.38. The molecule has 5 nitrogen and oxygen atoms in total. The van der Waals surface area contributed by atoms with Gasteiger partial charge in [0.05, 0.1) is 6.54 Å². The number of thiophene rings is 1. The lowest BCUT2D eigenvalue weighted by molar-refractivity contribution is 0.0953. The third kappa shape index (κ3) is 8.18. The molecule has 0 aliphatic heterocycles. The number of nitrogens with one attached hydrogen (secondary N) is 2. The Labute approximate surface area is 189 Å². The third-order valence-corrected chi connectivity index (χ3v) is 5.04. The Morgan fingerprint density at radius 2 is 2.00 bits per heavy atom. The first-order chi connectivity index (χ1) is 13.1. The van der Waals surface area contributed by atoms with Crippen LogP contribution in [-0.4, -0.2) is 43.4 Å². The number of guanidine groups is 1. The number of carbonyl (C=O) groups excluding carboxylic acids is 1. The summed E-state index contributed by atoms with van der Waals surface area (Å²) in [5.41, 5.74) is 1.72. The van der Waals surface area contributed by atoms with E-state index in [9.17, 15) is 4.79 Å². The van der Waals surface area contributed by atoms with Gasteiger partial charge >= 0.3 is 0 Å². The van der Waals surface area contributed by atoms with Crippen molar-refractivity contribution in [3.8, 4) is 0 Å². The third-order valence-electron chi connectivity index (χ3n) is 4.11. The van der Waals surface area contributed by atoms with Gasteiger partial charge in [-0.3, -0.25) is 4.79 Å². The first kappa shape index (κ1) is 24.4. The van der Waals surface area contributed by atoms with E-state index in [1.165, 1.54) is 4.88 Å². The van der Waals surface area contributed by atoms with Crippen molar-refractivity contribution in [1.29, 1.82) is 0 Å². The number of likely N-dealkylation sites (N-methyl/N-ethyl adjacent to an activating group) is 1. The zero-order valence-electron chi connectivity index (χ0n) is 16.9. The fourth-order valence-electron chi connectivity index (χ4n) is 2.63. The van der Waals surface area contributed by atoms with E-state index < -0.39 is 0 Å². The molecule has 154 valence electrons. The van der Waals surface area contributed by atoms with Crippen molar-refractivity contribution in [1.82, 2.24) is 15.5 Å². The summed E-state index contributed by atoms with van der Waals surface area (Å²) in [4.78, 5) is 20.4. The van der Waals surface area contributed by atoms with Crippen LogP contribution in [0.25, 0.3) is 0 Å². The second-order valence-corrected chi connectivity index (χ2v) is 7.41. The van der Waals surface area contributed by atoms with Crippen LogP contribution < -0.4 is 10.6 Å². The summed E-state index contributed by atoms with van der Waals surface area (Å²) in [5, 5.41) is 8.37. The molecule has 0 radical (unpaired) electrons. The summed E-state index contributed by atoms with van der Waals surface area (Å²) in [7, 11) is 2.06. The average Bonchev–Trinajstić information content (AvgIpc) is 3.21. The molecule has 0 atom stereocenters. The molecule has 0 fully saturated rings. The van der Waals surface area contributed by atoms with Gasteiger partial charge in [-0.15, -0.1) is 35.3 Å². The van der Waals surface area contributed by atoms with E-state index in [2.05, 4.69) is 47.0 Å². The maximum atomic E-state index is 12.1. The van der Waals surface area contributed by atoms with Crippen LogP contribution in [0.5, 0.6) is 0 Å². The molecule has 1 heterocycles. The normalized spacial score (nSPS) is 10.9. The summed E-state index contributed by atoms with van der Waals surface area (Å²) < 4.78 is 0. The standard InChI is InChI=1S/C21H30N4OS.HI/c1-4-12-23-20(26)18-9-6-8-17(15-18)16-24-21(22-5-2)25(3)13-11-19-10-7-14-27-19;/h6-10,14-15H,4-5,11-13,16H2,1-3H3,(H,22,24)(H,23,26);1H. The maximum Gasteiger partial charge on any atom is 0.251 e. The lowest BCUT2D eigenvalue weighted by Gasteiger charge is -2.21. The number of nitrogens with zero attached hydrogens (tertiary/aromatic N) is 2. The van der Waals surface area contributed by atoms with Crippen LogP contribution in [0.1, 0.15) is 41.1 Å². The highest BCUT2D eigenvalue weighted by Crippen LogP contribution is 2.10. The molecular formula is C21H31IN4OS. The van der Waals surface area contributed by atoms with Crippen molar-refractivity contribution in [2.24, 2.45) is 4.99 Å². The Balaban J connectivity index is 0.00000392. The zero-order valence-corrected chi connectivity index (χ0v) is 20.1. The van der Waals surface area contributed by atoms with Gasteiger partial charge in [0, 0.05) is 37.1 Å². The SMILES string of the molecule is CCCNC(=O)c1cccc(CN=C(NCC)N(C)CCc2cccs2)c1.I. The van der Waals surface area contributed by atoms with Crippen LogP contribution in [-0.2, 0) is 13.0 Å². The first-order valence-corrected chi connectivity index (χ1v) is 10.4. The Kier molecular flexibility index (Phi) is 11.8. The molecule has 0 saturated carbocycles. The van der Waals surface area contributed by atoms with Crippen LogP contribution in [0.2, 0.25) is 0 Å². The minimum Gasteiger partial charge on any atom is -0.357 e. The van der Waals surface area contributed by atoms with E-state index in [1.54, 1.807) is 11.3 Å². The summed E-state index contributed by atoms with van der Waals surface area (Å²) in [6.45, 7) is 7.08. The van der Waals surface area contributed by atoms with Gasteiger partial charge in [-0.25, -0.2) is 4.99 Å². The fourth-order valence-corrected chi connectivity index (χ4v) is 3.32. The van der Waals surface area contributed by atoms with E-state index in [0.717, 1.165) is 37.5 Å².